The van der Waals surface area contributed by atoms with Gasteiger partial charge in [-0.15, -0.1) is 0 Å². The van der Waals surface area contributed by atoms with Crippen molar-refractivity contribution in [2.24, 2.45) is 0 Å². The third-order valence-corrected chi connectivity index (χ3v) is 3.43. The largest absolute Gasteiger partial charge is 0.327 e. The van der Waals surface area contributed by atoms with E-state index in [9.17, 15) is 0 Å². The smallest absolute Gasteiger partial charge is 0.123 e. The van der Waals surface area contributed by atoms with E-state index in [2.05, 4.69) is 46.2 Å². The van der Waals surface area contributed by atoms with Crippen LogP contribution in [0.3, 0.4) is 0 Å². The van der Waals surface area contributed by atoms with E-state index in [1.54, 1.807) is 0 Å². The second-order valence-electron chi connectivity index (χ2n) is 3.93. The highest BCUT2D eigenvalue weighted by Crippen LogP contribution is 2.15. The Kier molecular flexibility index (Phi) is 4.45. The topological polar surface area (TPSA) is 29.9 Å². The van der Waals surface area contributed by atoms with E-state index in [-0.39, 0.29) is 0 Å². The van der Waals surface area contributed by atoms with Crippen LogP contribution in [0.25, 0.3) is 11.0 Å². The lowest BCUT2D eigenvalue weighted by Crippen LogP contribution is -2.19. The van der Waals surface area contributed by atoms with Crippen LogP contribution in [-0.2, 0) is 13.1 Å². The van der Waals surface area contributed by atoms with E-state index in [1.807, 2.05) is 17.8 Å². The second kappa shape index (κ2) is 6.07. The van der Waals surface area contributed by atoms with Crippen LogP contribution in [0.4, 0.5) is 0 Å². The molecule has 0 aliphatic carbocycles. The zero-order valence-electron chi connectivity index (χ0n) is 10.4. The minimum atomic E-state index is 0.850. The van der Waals surface area contributed by atoms with Gasteiger partial charge in [0.2, 0.25) is 0 Å². The van der Waals surface area contributed by atoms with E-state index in [0.717, 1.165) is 36.7 Å². The van der Waals surface area contributed by atoms with Gasteiger partial charge in [0.15, 0.2) is 0 Å². The quantitative estimate of drug-likeness (QED) is 0.798. The van der Waals surface area contributed by atoms with E-state index >= 15 is 0 Å². The number of imidazole rings is 1. The normalized spacial score (nSPS) is 11.2. The average molecular weight is 249 g/mol. The number of nitrogens with zero attached hydrogens (tertiary/aromatic N) is 2. The molecule has 0 amide bonds. The summed E-state index contributed by atoms with van der Waals surface area (Å²) < 4.78 is 2.28. The Morgan fingerprint density at radius 1 is 1.35 bits per heavy atom. The molecule has 0 saturated carbocycles. The Morgan fingerprint density at radius 2 is 2.18 bits per heavy atom. The fraction of sp³-hybridized carbons (Fsp3) is 0.462. The number of fused-ring (bicyclic) bond motifs is 1. The molecule has 92 valence electrons. The summed E-state index contributed by atoms with van der Waals surface area (Å²) in [6, 6.07) is 8.32. The van der Waals surface area contributed by atoms with Crippen molar-refractivity contribution in [2.75, 3.05) is 18.6 Å². The summed E-state index contributed by atoms with van der Waals surface area (Å²) in [5.74, 6) is 2.28. The molecule has 1 N–H and O–H groups in total. The van der Waals surface area contributed by atoms with Crippen molar-refractivity contribution < 1.29 is 0 Å². The lowest BCUT2D eigenvalue weighted by Gasteiger charge is -2.06. The van der Waals surface area contributed by atoms with Crippen LogP contribution in [0, 0.1) is 0 Å². The van der Waals surface area contributed by atoms with Crippen LogP contribution >= 0.6 is 11.8 Å². The second-order valence-corrected chi connectivity index (χ2v) is 4.92. The number of hydrogen-bond acceptors (Lipinski definition) is 3. The van der Waals surface area contributed by atoms with Gasteiger partial charge in [0.05, 0.1) is 17.6 Å². The van der Waals surface area contributed by atoms with Gasteiger partial charge in [-0.05, 0) is 25.3 Å². The first kappa shape index (κ1) is 12.5. The van der Waals surface area contributed by atoms with E-state index in [0.29, 0.717) is 0 Å². The Balaban J connectivity index is 2.15. The van der Waals surface area contributed by atoms with Crippen LogP contribution < -0.4 is 5.32 Å². The van der Waals surface area contributed by atoms with Crippen LogP contribution in [0.5, 0.6) is 0 Å². The number of aryl methyl sites for hydroxylation is 1. The molecule has 0 saturated heterocycles. The maximum atomic E-state index is 4.67. The molecule has 0 fully saturated rings. The Hall–Kier alpha value is -1.00. The number of hydrogen-bond donors (Lipinski definition) is 1. The highest BCUT2D eigenvalue weighted by atomic mass is 32.2. The molecule has 1 aromatic carbocycles. The SMILES string of the molecule is CCn1c(CNCCSC)nc2ccccc21. The molecule has 1 aromatic heterocycles. The van der Waals surface area contributed by atoms with Gasteiger partial charge in [0, 0.05) is 18.8 Å². The molecule has 0 spiro atoms. The van der Waals surface area contributed by atoms with Crippen molar-refractivity contribution in [3.05, 3.63) is 30.1 Å². The number of benzene rings is 1. The zero-order chi connectivity index (χ0) is 12.1. The van der Waals surface area contributed by atoms with Crippen molar-refractivity contribution in [2.45, 2.75) is 20.0 Å². The fourth-order valence-corrected chi connectivity index (χ4v) is 2.34. The molecule has 4 heteroatoms. The highest BCUT2D eigenvalue weighted by Gasteiger charge is 2.07. The standard InChI is InChI=1S/C13H19N3S/c1-3-16-12-7-5-4-6-11(12)15-13(16)10-14-8-9-17-2/h4-7,14H,3,8-10H2,1-2H3. The maximum Gasteiger partial charge on any atom is 0.123 e. The van der Waals surface area contributed by atoms with Gasteiger partial charge in [0.25, 0.3) is 0 Å². The van der Waals surface area contributed by atoms with Gasteiger partial charge in [-0.3, -0.25) is 0 Å². The molecule has 0 radical (unpaired) electrons. The first-order chi connectivity index (χ1) is 8.36. The summed E-state index contributed by atoms with van der Waals surface area (Å²) in [6.45, 7) is 5.02. The summed E-state index contributed by atoms with van der Waals surface area (Å²) in [5.41, 5.74) is 2.33. The van der Waals surface area contributed by atoms with Crippen molar-refractivity contribution in [1.82, 2.24) is 14.9 Å². The molecular weight excluding hydrogens is 230 g/mol. The predicted octanol–water partition coefficient (Wildman–Crippen LogP) is 2.51. The molecular formula is C13H19N3S. The first-order valence-electron chi connectivity index (χ1n) is 6.00. The Bertz CT molecular complexity index is 478. The number of rotatable bonds is 6. The van der Waals surface area contributed by atoms with Crippen molar-refractivity contribution >= 4 is 22.8 Å². The van der Waals surface area contributed by atoms with E-state index in [1.165, 1.54) is 5.52 Å². The van der Waals surface area contributed by atoms with Crippen LogP contribution in [0.15, 0.2) is 24.3 Å². The third kappa shape index (κ3) is 2.82. The van der Waals surface area contributed by atoms with Gasteiger partial charge >= 0.3 is 0 Å². The van der Waals surface area contributed by atoms with Gasteiger partial charge in [-0.2, -0.15) is 11.8 Å². The number of aromatic nitrogens is 2. The van der Waals surface area contributed by atoms with Crippen LogP contribution in [-0.4, -0.2) is 28.1 Å². The molecule has 1 heterocycles. The third-order valence-electron chi connectivity index (χ3n) is 2.82. The minimum Gasteiger partial charge on any atom is -0.327 e. The van der Waals surface area contributed by atoms with Crippen LogP contribution in [0.1, 0.15) is 12.7 Å². The monoisotopic (exact) mass is 249 g/mol. The molecule has 2 aromatic rings. The maximum absolute atomic E-state index is 4.67. The number of nitrogens with one attached hydrogen (secondary N) is 1. The Morgan fingerprint density at radius 3 is 2.94 bits per heavy atom. The number of thioether (sulfide) groups is 1. The van der Waals surface area contributed by atoms with Gasteiger partial charge in [0.1, 0.15) is 5.82 Å². The molecule has 0 atom stereocenters. The fourth-order valence-electron chi connectivity index (χ4n) is 1.99. The van der Waals surface area contributed by atoms with E-state index < -0.39 is 0 Å². The summed E-state index contributed by atoms with van der Waals surface area (Å²) in [5, 5.41) is 3.43. The molecule has 3 nitrogen and oxygen atoms in total. The van der Waals surface area contributed by atoms with Gasteiger partial charge in [-0.25, -0.2) is 4.98 Å². The summed E-state index contributed by atoms with van der Waals surface area (Å²) in [4.78, 5) is 4.67. The summed E-state index contributed by atoms with van der Waals surface area (Å²) >= 11 is 1.86. The molecule has 17 heavy (non-hydrogen) atoms. The molecule has 0 aliphatic heterocycles. The van der Waals surface area contributed by atoms with Crippen molar-refractivity contribution in [3.63, 3.8) is 0 Å². The first-order valence-corrected chi connectivity index (χ1v) is 7.40. The Labute approximate surface area is 107 Å². The summed E-state index contributed by atoms with van der Waals surface area (Å²) in [7, 11) is 0. The molecule has 0 bridgehead atoms. The van der Waals surface area contributed by atoms with E-state index in [4.69, 9.17) is 0 Å². The highest BCUT2D eigenvalue weighted by molar-refractivity contribution is 7.98. The molecule has 0 aliphatic rings. The average Bonchev–Trinajstić information content (AvgIpc) is 2.72. The minimum absolute atomic E-state index is 0.850. The van der Waals surface area contributed by atoms with Crippen molar-refractivity contribution in [3.8, 4) is 0 Å². The lowest BCUT2D eigenvalue weighted by molar-refractivity contribution is 0.640. The molecule has 2 rings (SSSR count). The van der Waals surface area contributed by atoms with Gasteiger partial charge in [-0.1, -0.05) is 12.1 Å². The molecule has 0 unspecified atom stereocenters. The van der Waals surface area contributed by atoms with Crippen LogP contribution in [0.2, 0.25) is 0 Å². The van der Waals surface area contributed by atoms with Gasteiger partial charge < -0.3 is 9.88 Å². The van der Waals surface area contributed by atoms with Crippen molar-refractivity contribution in [1.29, 1.82) is 0 Å². The zero-order valence-corrected chi connectivity index (χ0v) is 11.3. The summed E-state index contributed by atoms with van der Waals surface area (Å²) in [6.07, 6.45) is 2.13. The lowest BCUT2D eigenvalue weighted by atomic mass is 10.3. The number of para-hydroxylation sites is 2. The predicted molar refractivity (Wildman–Crippen MR) is 75.5 cm³/mol.